The van der Waals surface area contributed by atoms with Crippen molar-refractivity contribution in [1.29, 1.82) is 0 Å². The van der Waals surface area contributed by atoms with Gasteiger partial charge >= 0.3 is 0 Å². The van der Waals surface area contributed by atoms with Crippen LogP contribution in [0.2, 0.25) is 0 Å². The summed E-state index contributed by atoms with van der Waals surface area (Å²) in [6.45, 7) is 16.4. The van der Waals surface area contributed by atoms with Crippen LogP contribution in [0.5, 0.6) is 0 Å². The zero-order chi connectivity index (χ0) is 22.6. The van der Waals surface area contributed by atoms with Gasteiger partial charge in [0.15, 0.2) is 5.79 Å². The van der Waals surface area contributed by atoms with Gasteiger partial charge in [-0.25, -0.2) is 0 Å². The summed E-state index contributed by atoms with van der Waals surface area (Å²) in [7, 11) is 0. The Bertz CT molecular complexity index is 516. The highest BCUT2D eigenvalue weighted by Crippen LogP contribution is 2.53. The molecule has 3 heterocycles. The smallest absolute Gasteiger partial charge is 0.158 e. The SMILES string of the molecule is CCCCC(Br)C(Br)(Br)C(N1CCOC(C)C1)(N1CCOC(C)C1)N1CCOC(C)C1. The molecule has 0 amide bonds. The molecule has 3 aliphatic rings. The van der Waals surface area contributed by atoms with Crippen molar-refractivity contribution in [1.82, 2.24) is 14.7 Å². The minimum atomic E-state index is -0.395. The van der Waals surface area contributed by atoms with E-state index in [1.165, 1.54) is 12.8 Å². The number of alkyl halides is 3. The highest BCUT2D eigenvalue weighted by atomic mass is 79.9. The third-order valence-electron chi connectivity index (χ3n) is 6.70. The Hall–Kier alpha value is 1.20. The van der Waals surface area contributed by atoms with Crippen LogP contribution in [0.25, 0.3) is 0 Å². The van der Waals surface area contributed by atoms with Crippen molar-refractivity contribution in [2.45, 2.75) is 79.1 Å². The molecule has 9 heteroatoms. The van der Waals surface area contributed by atoms with Crippen LogP contribution in [0.1, 0.15) is 47.0 Å². The molecule has 4 unspecified atom stereocenters. The third kappa shape index (κ3) is 5.72. The lowest BCUT2D eigenvalue weighted by atomic mass is 9.98. The van der Waals surface area contributed by atoms with E-state index >= 15 is 0 Å². The zero-order valence-corrected chi connectivity index (χ0v) is 24.3. The molecule has 0 radical (unpaired) electrons. The van der Waals surface area contributed by atoms with E-state index in [1.807, 2.05) is 0 Å². The summed E-state index contributed by atoms with van der Waals surface area (Å²) in [6.07, 6.45) is 4.06. The second-order valence-corrected chi connectivity index (χ2v) is 13.9. The van der Waals surface area contributed by atoms with Gasteiger partial charge in [-0.15, -0.1) is 0 Å². The van der Waals surface area contributed by atoms with E-state index in [0.29, 0.717) is 0 Å². The molecule has 0 aromatic heterocycles. The van der Waals surface area contributed by atoms with Gasteiger partial charge in [-0.3, -0.25) is 14.7 Å². The molecule has 3 rings (SSSR count). The summed E-state index contributed by atoms with van der Waals surface area (Å²) in [5.74, 6) is -0.386. The molecule has 3 saturated heterocycles. The molecule has 31 heavy (non-hydrogen) atoms. The van der Waals surface area contributed by atoms with Crippen LogP contribution in [0.15, 0.2) is 0 Å². The number of morpholine rings is 3. The van der Waals surface area contributed by atoms with E-state index < -0.39 is 3.23 Å². The maximum absolute atomic E-state index is 5.99. The molecular weight excluding hydrogens is 594 g/mol. The molecule has 182 valence electrons. The number of rotatable bonds is 8. The number of ether oxygens (including phenoxy) is 3. The molecule has 0 aromatic carbocycles. The average molecular weight is 634 g/mol. The monoisotopic (exact) mass is 631 g/mol. The predicted molar refractivity (Wildman–Crippen MR) is 137 cm³/mol. The number of unbranched alkanes of at least 4 members (excludes halogenated alkanes) is 1. The van der Waals surface area contributed by atoms with Gasteiger partial charge in [0.1, 0.15) is 3.23 Å². The van der Waals surface area contributed by atoms with Crippen LogP contribution < -0.4 is 0 Å². The maximum atomic E-state index is 5.99. The first kappa shape index (κ1) is 26.8. The highest BCUT2D eigenvalue weighted by molar-refractivity contribution is 9.26. The van der Waals surface area contributed by atoms with Crippen LogP contribution >= 0.6 is 47.8 Å². The first-order valence-corrected chi connectivity index (χ1v) is 14.3. The van der Waals surface area contributed by atoms with Crippen LogP contribution in [-0.2, 0) is 14.2 Å². The second-order valence-electron chi connectivity index (χ2n) is 9.25. The van der Waals surface area contributed by atoms with Crippen LogP contribution in [-0.4, -0.2) is 106 Å². The highest BCUT2D eigenvalue weighted by Gasteiger charge is 2.63. The Morgan fingerprint density at radius 2 is 1.19 bits per heavy atom. The quantitative estimate of drug-likeness (QED) is 0.373. The first-order valence-electron chi connectivity index (χ1n) is 11.8. The van der Waals surface area contributed by atoms with Gasteiger partial charge in [-0.1, -0.05) is 67.6 Å². The average Bonchev–Trinajstić information content (AvgIpc) is 2.72. The lowest BCUT2D eigenvalue weighted by molar-refractivity contribution is -0.241. The minimum Gasteiger partial charge on any atom is -0.376 e. The molecule has 6 nitrogen and oxygen atoms in total. The molecule has 0 aliphatic carbocycles. The standard InChI is InChI=1S/C22H40Br3N3O3/c1-5-6-7-20(23)21(24,25)22(26-8-11-29-17(2)14-26,27-9-12-30-18(3)15-27)28-10-13-31-19(4)16-28/h17-20H,5-16H2,1-4H3. The van der Waals surface area contributed by atoms with Gasteiger partial charge in [0, 0.05) is 44.1 Å². The Labute approximate surface area is 214 Å². The summed E-state index contributed by atoms with van der Waals surface area (Å²) < 4.78 is 17.6. The van der Waals surface area contributed by atoms with E-state index in [4.69, 9.17) is 14.2 Å². The van der Waals surface area contributed by atoms with Crippen molar-refractivity contribution in [3.8, 4) is 0 Å². The second kappa shape index (κ2) is 11.8. The summed E-state index contributed by atoms with van der Waals surface area (Å²) in [6, 6.07) is 0. The predicted octanol–water partition coefficient (Wildman–Crippen LogP) is 4.24. The van der Waals surface area contributed by atoms with E-state index in [9.17, 15) is 0 Å². The van der Waals surface area contributed by atoms with Gasteiger partial charge in [0.25, 0.3) is 0 Å². The van der Waals surface area contributed by atoms with Crippen molar-refractivity contribution in [3.63, 3.8) is 0 Å². The van der Waals surface area contributed by atoms with Crippen molar-refractivity contribution < 1.29 is 14.2 Å². The van der Waals surface area contributed by atoms with Crippen molar-refractivity contribution >= 4 is 47.8 Å². The number of nitrogens with zero attached hydrogens (tertiary/aromatic N) is 3. The van der Waals surface area contributed by atoms with Gasteiger partial charge in [0.05, 0.1) is 38.1 Å². The van der Waals surface area contributed by atoms with E-state index in [-0.39, 0.29) is 28.9 Å². The van der Waals surface area contributed by atoms with Crippen LogP contribution in [0, 0.1) is 0 Å². The Morgan fingerprint density at radius 1 is 0.806 bits per heavy atom. The molecule has 3 fully saturated rings. The van der Waals surface area contributed by atoms with Gasteiger partial charge < -0.3 is 14.2 Å². The zero-order valence-electron chi connectivity index (χ0n) is 19.5. The Balaban J connectivity index is 2.11. The van der Waals surface area contributed by atoms with Gasteiger partial charge in [0.2, 0.25) is 0 Å². The third-order valence-corrected chi connectivity index (χ3v) is 11.2. The number of hydrogen-bond donors (Lipinski definition) is 0. The Morgan fingerprint density at radius 3 is 1.52 bits per heavy atom. The fraction of sp³-hybridized carbons (Fsp3) is 1.00. The molecule has 0 bridgehead atoms. The summed E-state index contributed by atoms with van der Waals surface area (Å²) in [4.78, 5) is 8.21. The lowest BCUT2D eigenvalue weighted by Crippen LogP contribution is -2.82. The summed E-state index contributed by atoms with van der Waals surface area (Å²) in [5.41, 5.74) is 0. The maximum Gasteiger partial charge on any atom is 0.158 e. The normalized spacial score (nSPS) is 33.2. The molecule has 0 N–H and O–H groups in total. The van der Waals surface area contributed by atoms with Crippen molar-refractivity contribution in [2.75, 3.05) is 59.1 Å². The fourth-order valence-corrected chi connectivity index (χ4v) is 7.91. The molecule has 3 aliphatic heterocycles. The molecule has 0 aromatic rings. The van der Waals surface area contributed by atoms with Crippen LogP contribution in [0.3, 0.4) is 0 Å². The minimum absolute atomic E-state index is 0.199. The molecular formula is C22H40Br3N3O3. The van der Waals surface area contributed by atoms with E-state index in [0.717, 1.165) is 65.5 Å². The molecule has 0 saturated carbocycles. The number of hydrogen-bond acceptors (Lipinski definition) is 6. The van der Waals surface area contributed by atoms with Gasteiger partial charge in [-0.2, -0.15) is 0 Å². The summed E-state index contributed by atoms with van der Waals surface area (Å²) in [5, 5.41) is 0. The van der Waals surface area contributed by atoms with Crippen molar-refractivity contribution in [2.24, 2.45) is 0 Å². The topological polar surface area (TPSA) is 37.4 Å². The van der Waals surface area contributed by atoms with E-state index in [2.05, 4.69) is 90.2 Å². The largest absolute Gasteiger partial charge is 0.376 e. The first-order chi connectivity index (χ1) is 14.7. The molecule has 0 spiro atoms. The summed E-state index contributed by atoms with van der Waals surface area (Å²) >= 11 is 12.7. The van der Waals surface area contributed by atoms with Crippen molar-refractivity contribution in [3.05, 3.63) is 0 Å². The Kier molecular flexibility index (Phi) is 10.2. The lowest BCUT2D eigenvalue weighted by Gasteiger charge is -2.65. The fourth-order valence-electron chi connectivity index (χ4n) is 5.31. The van der Waals surface area contributed by atoms with Gasteiger partial charge in [-0.05, 0) is 27.2 Å². The number of halogens is 3. The molecule has 4 atom stereocenters. The van der Waals surface area contributed by atoms with E-state index in [1.54, 1.807) is 0 Å². The van der Waals surface area contributed by atoms with Crippen LogP contribution in [0.4, 0.5) is 0 Å².